The number of nitrogens with zero attached hydrogens (tertiary/aromatic N) is 4. The highest BCUT2D eigenvalue weighted by atomic mass is 32.2. The molecule has 244 valence electrons. The van der Waals surface area contributed by atoms with E-state index >= 15 is 0 Å². The Labute approximate surface area is 261 Å². The summed E-state index contributed by atoms with van der Waals surface area (Å²) in [5.74, 6) is -5.58. The number of nitrogens with one attached hydrogen (secondary N) is 2. The predicted molar refractivity (Wildman–Crippen MR) is 163 cm³/mol. The summed E-state index contributed by atoms with van der Waals surface area (Å²) in [5.41, 5.74) is 0.848. The number of hydrogen-bond donors (Lipinski definition) is 3. The number of piperidine rings is 1. The van der Waals surface area contributed by atoms with Crippen molar-refractivity contribution in [1.82, 2.24) is 19.9 Å². The summed E-state index contributed by atoms with van der Waals surface area (Å²) in [4.78, 5) is 25.4. The van der Waals surface area contributed by atoms with Crippen molar-refractivity contribution in [1.29, 1.82) is 0 Å². The van der Waals surface area contributed by atoms with E-state index in [1.165, 1.54) is 24.5 Å². The van der Waals surface area contributed by atoms with Crippen LogP contribution in [-0.2, 0) is 10.0 Å². The minimum Gasteiger partial charge on any atom is -0.465 e. The first-order valence-electron chi connectivity index (χ1n) is 14.2. The van der Waals surface area contributed by atoms with Crippen molar-refractivity contribution in [3.63, 3.8) is 0 Å². The van der Waals surface area contributed by atoms with Crippen molar-refractivity contribution in [2.75, 3.05) is 28.9 Å². The van der Waals surface area contributed by atoms with Crippen LogP contribution in [0.2, 0.25) is 0 Å². The lowest BCUT2D eigenvalue weighted by Gasteiger charge is -2.33. The van der Waals surface area contributed by atoms with Crippen molar-refractivity contribution in [3.8, 4) is 22.9 Å². The van der Waals surface area contributed by atoms with Gasteiger partial charge in [0.25, 0.3) is 5.92 Å². The van der Waals surface area contributed by atoms with Crippen LogP contribution in [0.5, 0.6) is 11.6 Å². The lowest BCUT2D eigenvalue weighted by Crippen LogP contribution is -2.49. The molecule has 1 fully saturated rings. The number of anilines is 2. The Balaban J connectivity index is 1.47. The van der Waals surface area contributed by atoms with Gasteiger partial charge in [0.2, 0.25) is 21.9 Å². The molecule has 1 aliphatic rings. The Morgan fingerprint density at radius 2 is 1.87 bits per heavy atom. The zero-order valence-corrected chi connectivity index (χ0v) is 25.5. The van der Waals surface area contributed by atoms with E-state index in [1.54, 1.807) is 31.2 Å². The second kappa shape index (κ2) is 12.9. The highest BCUT2D eigenvalue weighted by Crippen LogP contribution is 2.40. The molecule has 2 aromatic heterocycles. The quantitative estimate of drug-likeness (QED) is 0.168. The van der Waals surface area contributed by atoms with Gasteiger partial charge in [0, 0.05) is 48.6 Å². The van der Waals surface area contributed by atoms with Crippen LogP contribution in [0.1, 0.15) is 25.3 Å². The molecular formula is C30H30F4N6O5S. The van der Waals surface area contributed by atoms with E-state index in [4.69, 9.17) is 4.74 Å². The van der Waals surface area contributed by atoms with E-state index in [-0.39, 0.29) is 47.9 Å². The Morgan fingerprint density at radius 1 is 1.11 bits per heavy atom. The van der Waals surface area contributed by atoms with Gasteiger partial charge in [0.1, 0.15) is 23.5 Å². The molecule has 46 heavy (non-hydrogen) atoms. The van der Waals surface area contributed by atoms with Gasteiger partial charge >= 0.3 is 6.09 Å². The van der Waals surface area contributed by atoms with Gasteiger partial charge in [-0.15, -0.1) is 0 Å². The number of likely N-dealkylation sites (tertiary alicyclic amines) is 1. The molecule has 4 aromatic rings. The molecule has 1 saturated heterocycles. The number of carboxylic acid groups (broad SMARTS) is 1. The molecular weight excluding hydrogens is 632 g/mol. The third-order valence-electron chi connectivity index (χ3n) is 7.38. The molecule has 0 aliphatic carbocycles. The summed E-state index contributed by atoms with van der Waals surface area (Å²) in [5, 5.41) is 12.6. The summed E-state index contributed by atoms with van der Waals surface area (Å²) in [6.45, 7) is 2.69. The summed E-state index contributed by atoms with van der Waals surface area (Å²) in [6, 6.07) is 9.73. The molecule has 0 radical (unpaired) electrons. The molecule has 2 unspecified atom stereocenters. The predicted octanol–water partition coefficient (Wildman–Crippen LogP) is 6.22. The average molecular weight is 663 g/mol. The van der Waals surface area contributed by atoms with Crippen LogP contribution >= 0.6 is 0 Å². The van der Waals surface area contributed by atoms with Crippen LogP contribution in [0, 0.1) is 12.7 Å². The molecule has 11 nitrogen and oxygen atoms in total. The molecule has 0 bridgehead atoms. The van der Waals surface area contributed by atoms with Gasteiger partial charge in [-0.2, -0.15) is 0 Å². The van der Waals surface area contributed by atoms with Crippen molar-refractivity contribution in [2.24, 2.45) is 0 Å². The van der Waals surface area contributed by atoms with Gasteiger partial charge in [0.05, 0.1) is 23.5 Å². The largest absolute Gasteiger partial charge is 0.465 e. The van der Waals surface area contributed by atoms with Crippen molar-refractivity contribution in [2.45, 2.75) is 44.8 Å². The first-order chi connectivity index (χ1) is 21.7. The molecule has 5 rings (SSSR count). The number of aryl methyl sites for hydroxylation is 1. The lowest BCUT2D eigenvalue weighted by molar-refractivity contribution is 0.0219. The molecule has 1 amide bonds. The number of alkyl halides is 3. The van der Waals surface area contributed by atoms with Crippen LogP contribution in [-0.4, -0.2) is 76.4 Å². The van der Waals surface area contributed by atoms with Crippen LogP contribution in [0.3, 0.4) is 0 Å². The number of aromatic nitrogens is 3. The highest BCUT2D eigenvalue weighted by molar-refractivity contribution is 7.92. The van der Waals surface area contributed by atoms with Crippen LogP contribution in [0.25, 0.3) is 22.0 Å². The smallest absolute Gasteiger partial charge is 0.407 e. The van der Waals surface area contributed by atoms with Crippen LogP contribution in [0.15, 0.2) is 54.9 Å². The number of amides is 1. The fourth-order valence-electron chi connectivity index (χ4n) is 5.09. The van der Waals surface area contributed by atoms with E-state index in [9.17, 15) is 35.9 Å². The molecule has 0 spiro atoms. The number of fused-ring (bicyclic) bond motifs is 1. The molecule has 3 heterocycles. The number of benzene rings is 2. The lowest BCUT2D eigenvalue weighted by atomic mass is 10.0. The number of sulfonamides is 1. The average Bonchev–Trinajstić information content (AvgIpc) is 2.99. The van der Waals surface area contributed by atoms with Gasteiger partial charge in [0.15, 0.2) is 0 Å². The zero-order chi connectivity index (χ0) is 33.2. The number of rotatable bonds is 10. The third kappa shape index (κ3) is 7.38. The fourth-order valence-corrected chi connectivity index (χ4v) is 6.44. The van der Waals surface area contributed by atoms with Crippen molar-refractivity contribution >= 4 is 38.5 Å². The maximum atomic E-state index is 15.0. The van der Waals surface area contributed by atoms with E-state index in [2.05, 4.69) is 20.3 Å². The summed E-state index contributed by atoms with van der Waals surface area (Å²) in [6.07, 6.45) is -0.292. The monoisotopic (exact) mass is 662 g/mol. The van der Waals surface area contributed by atoms with Crippen LogP contribution in [0.4, 0.5) is 34.0 Å². The van der Waals surface area contributed by atoms with Crippen LogP contribution < -0.4 is 14.8 Å². The summed E-state index contributed by atoms with van der Waals surface area (Å²) < 4.78 is 90.4. The molecule has 3 N–H and O–H groups in total. The first kappa shape index (κ1) is 32.7. The first-order valence-corrected chi connectivity index (χ1v) is 15.9. The third-order valence-corrected chi connectivity index (χ3v) is 8.70. The highest BCUT2D eigenvalue weighted by Gasteiger charge is 2.34. The maximum absolute atomic E-state index is 15.0. The Morgan fingerprint density at radius 3 is 2.61 bits per heavy atom. The zero-order valence-electron chi connectivity index (χ0n) is 24.7. The van der Waals surface area contributed by atoms with Gasteiger partial charge in [-0.3, -0.25) is 4.72 Å². The summed E-state index contributed by atoms with van der Waals surface area (Å²) >= 11 is 0. The summed E-state index contributed by atoms with van der Waals surface area (Å²) in [7, 11) is -4.63. The minimum absolute atomic E-state index is 0.0464. The van der Waals surface area contributed by atoms with Gasteiger partial charge in [-0.1, -0.05) is 19.1 Å². The minimum atomic E-state index is -4.63. The van der Waals surface area contributed by atoms with Gasteiger partial charge < -0.3 is 20.1 Å². The van der Waals surface area contributed by atoms with Gasteiger partial charge in [-0.05, 0) is 42.8 Å². The number of hydrogen-bond acceptors (Lipinski definition) is 8. The van der Waals surface area contributed by atoms with E-state index in [0.717, 1.165) is 17.9 Å². The second-order valence-electron chi connectivity index (χ2n) is 10.9. The Bertz CT molecular complexity index is 1880. The molecule has 0 saturated carbocycles. The van der Waals surface area contributed by atoms with E-state index < -0.39 is 57.9 Å². The molecule has 16 heteroatoms. The topological polar surface area (TPSA) is 147 Å². The Kier molecular flexibility index (Phi) is 9.19. The molecule has 1 aliphatic heterocycles. The van der Waals surface area contributed by atoms with Crippen molar-refractivity contribution in [3.05, 3.63) is 66.2 Å². The second-order valence-corrected chi connectivity index (χ2v) is 12.6. The Hall–Kier alpha value is -4.73. The number of carbonyl (C=O) groups is 1. The van der Waals surface area contributed by atoms with Gasteiger partial charge in [-0.25, -0.2) is 45.7 Å². The maximum Gasteiger partial charge on any atom is 0.407 e. The fraction of sp³-hybridized carbons (Fsp3) is 0.333. The SMILES string of the molecule is CCC(F)(F)CS(=O)(=O)Nc1c(F)ccc2c(Oc3ncccc3-c3ccnc(NC4CC(F)CN(C(=O)O)C4)n3)c(C)ccc12. The number of ether oxygens (including phenoxy) is 1. The number of halogens is 4. The normalized spacial score (nSPS) is 17.1. The number of pyridine rings is 1. The molecule has 2 aromatic carbocycles. The molecule has 2 atom stereocenters. The van der Waals surface area contributed by atoms with E-state index in [1.807, 2.05) is 4.72 Å². The van der Waals surface area contributed by atoms with Crippen molar-refractivity contribution < 1.29 is 40.6 Å². The van der Waals surface area contributed by atoms with E-state index in [0.29, 0.717) is 16.8 Å². The standard InChI is InChI=1S/C30H30F4N6O5S/c1-3-30(33,34)16-46(43,44)39-25-20-7-6-17(2)26(21(20)8-9-23(25)32)45-27-22(5-4-11-35-27)24-10-12-36-28(38-24)37-19-13-18(31)14-40(15-19)29(41)42/h4-12,18-19,39H,3,13-16H2,1-2H3,(H,41,42)(H,36,37,38).